The number of aliphatic imine (C=N–C) groups is 1. The number of likely N-dealkylation sites (N-methyl/N-ethyl adjacent to an activating group) is 1. The lowest BCUT2D eigenvalue weighted by atomic mass is 9.81. The Bertz CT molecular complexity index is 734. The Hall–Kier alpha value is -2.07. The first-order chi connectivity index (χ1) is 11.5. The molecule has 0 radical (unpaired) electrons. The van der Waals surface area contributed by atoms with E-state index < -0.39 is 0 Å². The van der Waals surface area contributed by atoms with Crippen molar-refractivity contribution < 1.29 is 0 Å². The molecule has 1 saturated heterocycles. The van der Waals surface area contributed by atoms with Gasteiger partial charge in [-0.1, -0.05) is 38.1 Å². The van der Waals surface area contributed by atoms with E-state index in [2.05, 4.69) is 72.4 Å². The minimum absolute atomic E-state index is 0.179. The van der Waals surface area contributed by atoms with Crippen LogP contribution in [0.3, 0.4) is 0 Å². The van der Waals surface area contributed by atoms with Gasteiger partial charge in [-0.25, -0.2) is 4.99 Å². The Morgan fingerprint density at radius 2 is 1.83 bits per heavy atom. The van der Waals surface area contributed by atoms with Crippen molar-refractivity contribution in [2.75, 3.05) is 38.5 Å². The van der Waals surface area contributed by atoms with Crippen LogP contribution in [0, 0.1) is 5.41 Å². The molecular formula is C20H26N4. The van der Waals surface area contributed by atoms with Crippen LogP contribution >= 0.6 is 0 Å². The van der Waals surface area contributed by atoms with Crippen LogP contribution in [0.2, 0.25) is 0 Å². The van der Waals surface area contributed by atoms with Crippen molar-refractivity contribution in [3.8, 4) is 0 Å². The molecule has 0 bridgehead atoms. The first kappa shape index (κ1) is 15.5. The van der Waals surface area contributed by atoms with Gasteiger partial charge in [0, 0.05) is 37.4 Å². The Kier molecular flexibility index (Phi) is 3.72. The first-order valence-corrected chi connectivity index (χ1v) is 8.83. The molecule has 3 aliphatic rings. The number of fused-ring (bicyclic) bond motifs is 1. The fraction of sp³-hybridized carbons (Fsp3) is 0.450. The third kappa shape index (κ3) is 2.86. The zero-order valence-electron chi connectivity index (χ0n) is 14.8. The summed E-state index contributed by atoms with van der Waals surface area (Å²) in [4.78, 5) is 9.90. The lowest BCUT2D eigenvalue weighted by molar-refractivity contribution is 0.215. The van der Waals surface area contributed by atoms with Gasteiger partial charge in [0.05, 0.1) is 11.4 Å². The summed E-state index contributed by atoms with van der Waals surface area (Å²) < 4.78 is 0. The monoisotopic (exact) mass is 322 g/mol. The summed E-state index contributed by atoms with van der Waals surface area (Å²) >= 11 is 0. The summed E-state index contributed by atoms with van der Waals surface area (Å²) in [5, 5.41) is 3.67. The second kappa shape index (κ2) is 5.78. The second-order valence-electron chi connectivity index (χ2n) is 7.76. The Morgan fingerprint density at radius 3 is 2.62 bits per heavy atom. The molecule has 2 aliphatic heterocycles. The van der Waals surface area contributed by atoms with Gasteiger partial charge in [0.1, 0.15) is 5.84 Å². The number of hydrogen-bond acceptors (Lipinski definition) is 4. The maximum atomic E-state index is 5.07. The lowest BCUT2D eigenvalue weighted by Crippen LogP contribution is -2.47. The summed E-state index contributed by atoms with van der Waals surface area (Å²) in [5.41, 5.74) is 4.88. The van der Waals surface area contributed by atoms with E-state index in [9.17, 15) is 0 Å². The van der Waals surface area contributed by atoms with Crippen LogP contribution in [-0.4, -0.2) is 48.9 Å². The van der Waals surface area contributed by atoms with E-state index in [1.165, 1.54) is 11.3 Å². The molecular weight excluding hydrogens is 296 g/mol. The number of para-hydroxylation sites is 2. The van der Waals surface area contributed by atoms with Gasteiger partial charge < -0.3 is 15.1 Å². The minimum atomic E-state index is 0.179. The van der Waals surface area contributed by atoms with E-state index in [1.54, 1.807) is 0 Å². The number of anilines is 1. The summed E-state index contributed by atoms with van der Waals surface area (Å²) in [6.07, 6.45) is 5.61. The van der Waals surface area contributed by atoms with Crippen LogP contribution in [0.15, 0.2) is 52.7 Å². The van der Waals surface area contributed by atoms with Gasteiger partial charge in [0.2, 0.25) is 0 Å². The predicted octanol–water partition coefficient (Wildman–Crippen LogP) is 3.63. The van der Waals surface area contributed by atoms with Crippen molar-refractivity contribution in [2.45, 2.75) is 20.3 Å². The summed E-state index contributed by atoms with van der Waals surface area (Å²) in [6.45, 7) is 8.83. The Morgan fingerprint density at radius 1 is 1.08 bits per heavy atom. The van der Waals surface area contributed by atoms with Crippen molar-refractivity contribution in [3.63, 3.8) is 0 Å². The number of rotatable bonds is 0. The zero-order chi connectivity index (χ0) is 16.7. The molecule has 4 rings (SSSR count). The molecule has 0 unspecified atom stereocenters. The molecule has 0 aromatic heterocycles. The number of hydrogen-bond donors (Lipinski definition) is 1. The standard InChI is InChI=1S/C20H26N4/c1-20(2)9-8-15-18(14-20)21-16-6-4-5-7-17(16)22-19(15)24-12-10-23(3)11-13-24/h4-9,21H,10-14H2,1-3H3. The number of allylic oxidation sites excluding steroid dienone is 2. The predicted molar refractivity (Wildman–Crippen MR) is 101 cm³/mol. The van der Waals surface area contributed by atoms with Gasteiger partial charge in [-0.2, -0.15) is 0 Å². The van der Waals surface area contributed by atoms with Crippen molar-refractivity contribution in [2.24, 2.45) is 10.4 Å². The lowest BCUT2D eigenvalue weighted by Gasteiger charge is -2.36. The number of benzene rings is 1. The van der Waals surface area contributed by atoms with E-state index in [0.29, 0.717) is 0 Å². The third-order valence-corrected chi connectivity index (χ3v) is 5.12. The molecule has 0 saturated carbocycles. The highest BCUT2D eigenvalue weighted by Gasteiger charge is 2.30. The zero-order valence-corrected chi connectivity index (χ0v) is 14.8. The van der Waals surface area contributed by atoms with Crippen LogP contribution in [0.4, 0.5) is 11.4 Å². The largest absolute Gasteiger partial charge is 0.357 e. The van der Waals surface area contributed by atoms with Crippen molar-refractivity contribution in [1.82, 2.24) is 9.80 Å². The van der Waals surface area contributed by atoms with Crippen LogP contribution in [0.5, 0.6) is 0 Å². The second-order valence-corrected chi connectivity index (χ2v) is 7.76. The maximum absolute atomic E-state index is 5.07. The smallest absolute Gasteiger partial charge is 0.138 e. The Labute approximate surface area is 144 Å². The fourth-order valence-corrected chi connectivity index (χ4v) is 3.61. The maximum Gasteiger partial charge on any atom is 0.138 e. The number of nitrogens with zero attached hydrogens (tertiary/aromatic N) is 3. The summed E-state index contributed by atoms with van der Waals surface area (Å²) in [7, 11) is 2.19. The molecule has 0 spiro atoms. The molecule has 1 N–H and O–H groups in total. The Balaban J connectivity index is 1.78. The minimum Gasteiger partial charge on any atom is -0.357 e. The molecule has 1 aromatic rings. The van der Waals surface area contributed by atoms with E-state index in [1.807, 2.05) is 0 Å². The highest BCUT2D eigenvalue weighted by molar-refractivity contribution is 6.05. The normalized spacial score (nSPS) is 23.1. The van der Waals surface area contributed by atoms with Gasteiger partial charge in [-0.05, 0) is 31.0 Å². The molecule has 4 heteroatoms. The van der Waals surface area contributed by atoms with E-state index >= 15 is 0 Å². The molecule has 0 atom stereocenters. The molecule has 126 valence electrons. The van der Waals surface area contributed by atoms with Gasteiger partial charge in [0.15, 0.2) is 0 Å². The molecule has 1 aliphatic carbocycles. The van der Waals surface area contributed by atoms with Gasteiger partial charge >= 0.3 is 0 Å². The summed E-state index contributed by atoms with van der Waals surface area (Å²) in [6, 6.07) is 8.37. The molecule has 1 fully saturated rings. The molecule has 4 nitrogen and oxygen atoms in total. The average Bonchev–Trinajstić information content (AvgIpc) is 2.70. The molecule has 24 heavy (non-hydrogen) atoms. The topological polar surface area (TPSA) is 30.9 Å². The number of amidine groups is 1. The number of nitrogens with one attached hydrogen (secondary N) is 1. The van der Waals surface area contributed by atoms with Gasteiger partial charge in [0.25, 0.3) is 0 Å². The van der Waals surface area contributed by atoms with E-state index in [4.69, 9.17) is 4.99 Å². The molecule has 2 heterocycles. The van der Waals surface area contributed by atoms with Crippen molar-refractivity contribution >= 4 is 17.2 Å². The first-order valence-electron chi connectivity index (χ1n) is 8.83. The van der Waals surface area contributed by atoms with Gasteiger partial charge in [-0.3, -0.25) is 0 Å². The average molecular weight is 322 g/mol. The third-order valence-electron chi connectivity index (χ3n) is 5.12. The number of piperazine rings is 1. The van der Waals surface area contributed by atoms with Crippen LogP contribution in [0.1, 0.15) is 20.3 Å². The van der Waals surface area contributed by atoms with E-state index in [-0.39, 0.29) is 5.41 Å². The van der Waals surface area contributed by atoms with Gasteiger partial charge in [-0.15, -0.1) is 0 Å². The van der Waals surface area contributed by atoms with Crippen LogP contribution < -0.4 is 5.32 Å². The summed E-state index contributed by atoms with van der Waals surface area (Å²) in [5.74, 6) is 1.13. The highest BCUT2D eigenvalue weighted by atomic mass is 15.3. The highest BCUT2D eigenvalue weighted by Crippen LogP contribution is 2.39. The fourth-order valence-electron chi connectivity index (χ4n) is 3.61. The SMILES string of the molecule is CN1CCN(C2=Nc3ccccc3NC3=C2C=CC(C)(C)C3)CC1. The quantitative estimate of drug-likeness (QED) is 0.791. The molecule has 1 aromatic carbocycles. The van der Waals surface area contributed by atoms with Crippen LogP contribution in [0.25, 0.3) is 0 Å². The molecule has 0 amide bonds. The van der Waals surface area contributed by atoms with Crippen molar-refractivity contribution in [3.05, 3.63) is 47.7 Å². The van der Waals surface area contributed by atoms with E-state index in [0.717, 1.165) is 49.8 Å². The van der Waals surface area contributed by atoms with Crippen LogP contribution in [-0.2, 0) is 0 Å². The van der Waals surface area contributed by atoms with Crippen molar-refractivity contribution in [1.29, 1.82) is 0 Å².